The Labute approximate surface area is 92.7 Å². The molecule has 0 atom stereocenters. The van der Waals surface area contributed by atoms with Crippen molar-refractivity contribution in [2.24, 2.45) is 11.3 Å². The molecule has 0 fully saturated rings. The van der Waals surface area contributed by atoms with Gasteiger partial charge in [0.2, 0.25) is 0 Å². The molecule has 3 nitrogen and oxygen atoms in total. The molecule has 0 aliphatic heterocycles. The lowest BCUT2D eigenvalue weighted by Crippen LogP contribution is -2.30. The SMILES string of the molecule is CC(C)CC(C)(C)CNCc1cnc[nH]1. The molecule has 3 heteroatoms. The highest BCUT2D eigenvalue weighted by atomic mass is 14.9. The Bertz CT molecular complexity index is 262. The molecule has 0 aliphatic carbocycles. The van der Waals surface area contributed by atoms with Crippen LogP contribution in [0.1, 0.15) is 39.8 Å². The molecule has 0 spiro atoms. The number of hydrogen-bond acceptors (Lipinski definition) is 2. The fourth-order valence-corrected chi connectivity index (χ4v) is 2.09. The van der Waals surface area contributed by atoms with Crippen LogP contribution in [0.25, 0.3) is 0 Å². The lowest BCUT2D eigenvalue weighted by Gasteiger charge is -2.26. The number of rotatable bonds is 6. The highest BCUT2D eigenvalue weighted by Gasteiger charge is 2.18. The van der Waals surface area contributed by atoms with E-state index in [9.17, 15) is 0 Å². The van der Waals surface area contributed by atoms with E-state index < -0.39 is 0 Å². The van der Waals surface area contributed by atoms with E-state index in [1.165, 1.54) is 6.42 Å². The first-order chi connectivity index (χ1) is 6.99. The van der Waals surface area contributed by atoms with Gasteiger partial charge in [-0.2, -0.15) is 0 Å². The summed E-state index contributed by atoms with van der Waals surface area (Å²) in [5.74, 6) is 0.758. The summed E-state index contributed by atoms with van der Waals surface area (Å²) < 4.78 is 0. The van der Waals surface area contributed by atoms with Gasteiger partial charge >= 0.3 is 0 Å². The first kappa shape index (κ1) is 12.2. The van der Waals surface area contributed by atoms with Gasteiger partial charge in [0, 0.05) is 25.0 Å². The summed E-state index contributed by atoms with van der Waals surface area (Å²) in [6.07, 6.45) is 4.84. The second kappa shape index (κ2) is 5.31. The third-order valence-electron chi connectivity index (χ3n) is 2.43. The molecule has 0 aromatic carbocycles. The molecule has 2 N–H and O–H groups in total. The van der Waals surface area contributed by atoms with Crippen molar-refractivity contribution in [2.75, 3.05) is 6.54 Å². The summed E-state index contributed by atoms with van der Waals surface area (Å²) in [4.78, 5) is 7.08. The third kappa shape index (κ3) is 4.98. The van der Waals surface area contributed by atoms with Crippen LogP contribution in [0.5, 0.6) is 0 Å². The maximum absolute atomic E-state index is 3.99. The second-order valence-corrected chi connectivity index (χ2v) is 5.44. The van der Waals surface area contributed by atoms with Crippen molar-refractivity contribution < 1.29 is 0 Å². The van der Waals surface area contributed by atoms with Gasteiger partial charge in [0.05, 0.1) is 6.33 Å². The average molecular weight is 209 g/mol. The molecule has 1 rings (SSSR count). The highest BCUT2D eigenvalue weighted by molar-refractivity contribution is 4.93. The van der Waals surface area contributed by atoms with Crippen LogP contribution in [-0.4, -0.2) is 16.5 Å². The standard InChI is InChI=1S/C12H23N3/c1-10(2)5-12(3,4)8-13-6-11-7-14-9-15-11/h7,9-10,13H,5-6,8H2,1-4H3,(H,14,15). The molecule has 86 valence electrons. The van der Waals surface area contributed by atoms with Crippen molar-refractivity contribution >= 4 is 0 Å². The molecule has 0 bridgehead atoms. The number of hydrogen-bond donors (Lipinski definition) is 2. The Morgan fingerprint density at radius 3 is 2.73 bits per heavy atom. The van der Waals surface area contributed by atoms with Gasteiger partial charge in [-0.15, -0.1) is 0 Å². The number of aromatic amines is 1. The lowest BCUT2D eigenvalue weighted by molar-refractivity contribution is 0.272. The molecular weight excluding hydrogens is 186 g/mol. The molecule has 1 aromatic rings. The number of imidazole rings is 1. The minimum Gasteiger partial charge on any atom is -0.347 e. The Balaban J connectivity index is 2.24. The van der Waals surface area contributed by atoms with Gasteiger partial charge in [-0.05, 0) is 17.8 Å². The van der Waals surface area contributed by atoms with Gasteiger partial charge in [-0.1, -0.05) is 27.7 Å². The molecular formula is C12H23N3. The van der Waals surface area contributed by atoms with Crippen molar-refractivity contribution in [1.29, 1.82) is 0 Å². The molecule has 0 amide bonds. The largest absolute Gasteiger partial charge is 0.347 e. The van der Waals surface area contributed by atoms with Gasteiger partial charge < -0.3 is 10.3 Å². The van der Waals surface area contributed by atoms with E-state index in [4.69, 9.17) is 0 Å². The number of aromatic nitrogens is 2. The number of nitrogens with zero attached hydrogens (tertiary/aromatic N) is 1. The van der Waals surface area contributed by atoms with Crippen LogP contribution in [-0.2, 0) is 6.54 Å². The summed E-state index contributed by atoms with van der Waals surface area (Å²) in [7, 11) is 0. The molecule has 1 aromatic heterocycles. The molecule has 15 heavy (non-hydrogen) atoms. The van der Waals surface area contributed by atoms with Crippen molar-refractivity contribution in [3.05, 3.63) is 18.2 Å². The van der Waals surface area contributed by atoms with Gasteiger partial charge in [0.1, 0.15) is 0 Å². The molecule has 0 saturated carbocycles. The minimum atomic E-state index is 0.369. The second-order valence-electron chi connectivity index (χ2n) is 5.44. The fraction of sp³-hybridized carbons (Fsp3) is 0.750. The molecule has 0 unspecified atom stereocenters. The topological polar surface area (TPSA) is 40.7 Å². The lowest BCUT2D eigenvalue weighted by atomic mass is 9.84. The van der Waals surface area contributed by atoms with E-state index in [0.29, 0.717) is 5.41 Å². The summed E-state index contributed by atoms with van der Waals surface area (Å²) in [6.45, 7) is 11.1. The van der Waals surface area contributed by atoms with Crippen LogP contribution < -0.4 is 5.32 Å². The quantitative estimate of drug-likeness (QED) is 0.756. The van der Waals surface area contributed by atoms with Crippen molar-refractivity contribution in [2.45, 2.75) is 40.7 Å². The zero-order chi connectivity index (χ0) is 11.3. The van der Waals surface area contributed by atoms with E-state index >= 15 is 0 Å². The highest BCUT2D eigenvalue weighted by Crippen LogP contribution is 2.24. The molecule has 1 heterocycles. The number of H-pyrrole nitrogens is 1. The van der Waals surface area contributed by atoms with Crippen LogP contribution in [0.4, 0.5) is 0 Å². The Kier molecular flexibility index (Phi) is 4.33. The van der Waals surface area contributed by atoms with Crippen LogP contribution >= 0.6 is 0 Å². The summed E-state index contributed by atoms with van der Waals surface area (Å²) >= 11 is 0. The van der Waals surface area contributed by atoms with Gasteiger partial charge in [-0.3, -0.25) is 0 Å². The minimum absolute atomic E-state index is 0.369. The normalized spacial score (nSPS) is 12.3. The third-order valence-corrected chi connectivity index (χ3v) is 2.43. The van der Waals surface area contributed by atoms with E-state index in [-0.39, 0.29) is 0 Å². The molecule has 0 saturated heterocycles. The fourth-order valence-electron chi connectivity index (χ4n) is 2.09. The first-order valence-corrected chi connectivity index (χ1v) is 5.67. The van der Waals surface area contributed by atoms with E-state index in [1.807, 2.05) is 6.20 Å². The summed E-state index contributed by atoms with van der Waals surface area (Å²) in [6, 6.07) is 0. The maximum Gasteiger partial charge on any atom is 0.0922 e. The van der Waals surface area contributed by atoms with Crippen LogP contribution in [0, 0.1) is 11.3 Å². The van der Waals surface area contributed by atoms with E-state index in [1.54, 1.807) is 6.33 Å². The predicted octanol–water partition coefficient (Wildman–Crippen LogP) is 2.57. The Morgan fingerprint density at radius 2 is 2.20 bits per heavy atom. The maximum atomic E-state index is 3.99. The Hall–Kier alpha value is -0.830. The van der Waals surface area contributed by atoms with Crippen LogP contribution in [0.2, 0.25) is 0 Å². The van der Waals surface area contributed by atoms with Crippen LogP contribution in [0.15, 0.2) is 12.5 Å². The van der Waals surface area contributed by atoms with Crippen molar-refractivity contribution in [3.63, 3.8) is 0 Å². The summed E-state index contributed by atoms with van der Waals surface area (Å²) in [5, 5.41) is 3.46. The molecule has 0 aliphatic rings. The summed E-state index contributed by atoms with van der Waals surface area (Å²) in [5.41, 5.74) is 1.52. The van der Waals surface area contributed by atoms with Crippen LogP contribution in [0.3, 0.4) is 0 Å². The van der Waals surface area contributed by atoms with Gasteiger partial charge in [0.25, 0.3) is 0 Å². The van der Waals surface area contributed by atoms with E-state index in [2.05, 4.69) is 43.0 Å². The Morgan fingerprint density at radius 1 is 1.47 bits per heavy atom. The molecule has 0 radical (unpaired) electrons. The number of nitrogens with one attached hydrogen (secondary N) is 2. The van der Waals surface area contributed by atoms with Gasteiger partial charge in [-0.25, -0.2) is 4.98 Å². The zero-order valence-electron chi connectivity index (χ0n) is 10.3. The van der Waals surface area contributed by atoms with Crippen molar-refractivity contribution in [1.82, 2.24) is 15.3 Å². The average Bonchev–Trinajstić information content (AvgIpc) is 2.53. The van der Waals surface area contributed by atoms with E-state index in [0.717, 1.165) is 24.7 Å². The van der Waals surface area contributed by atoms with Crippen molar-refractivity contribution in [3.8, 4) is 0 Å². The monoisotopic (exact) mass is 209 g/mol. The smallest absolute Gasteiger partial charge is 0.0922 e. The van der Waals surface area contributed by atoms with Gasteiger partial charge in [0.15, 0.2) is 0 Å². The first-order valence-electron chi connectivity index (χ1n) is 5.67. The predicted molar refractivity (Wildman–Crippen MR) is 63.5 cm³/mol. The zero-order valence-corrected chi connectivity index (χ0v) is 10.3.